The fourth-order valence-corrected chi connectivity index (χ4v) is 4.70. The molecule has 1 N–H and O–H groups in total. The number of urea groups is 1. The Labute approximate surface area is 196 Å². The largest absolute Gasteiger partial charge is 0.343 e. The highest BCUT2D eigenvalue weighted by molar-refractivity contribution is 6.22. The lowest BCUT2D eigenvalue weighted by Crippen LogP contribution is -2.58. The quantitative estimate of drug-likeness (QED) is 0.675. The van der Waals surface area contributed by atoms with Gasteiger partial charge in [-0.15, -0.1) is 0 Å². The number of likely N-dealkylation sites (tertiary alicyclic amines) is 1. The highest BCUT2D eigenvalue weighted by Crippen LogP contribution is 2.29. The number of hydrazine groups is 1. The number of imide groups is 2. The van der Waals surface area contributed by atoms with Crippen molar-refractivity contribution in [2.75, 3.05) is 19.6 Å². The van der Waals surface area contributed by atoms with Crippen LogP contribution in [0.3, 0.4) is 0 Å². The molecule has 0 aliphatic carbocycles. The van der Waals surface area contributed by atoms with Gasteiger partial charge in [-0.05, 0) is 55.6 Å². The lowest BCUT2D eigenvalue weighted by molar-refractivity contribution is -0.122. The van der Waals surface area contributed by atoms with E-state index >= 15 is 0 Å². The molecule has 34 heavy (non-hydrogen) atoms. The van der Waals surface area contributed by atoms with Crippen LogP contribution < -0.4 is 5.32 Å². The van der Waals surface area contributed by atoms with Crippen LogP contribution in [0, 0.1) is 0 Å². The summed E-state index contributed by atoms with van der Waals surface area (Å²) in [6.45, 7) is 4.52. The van der Waals surface area contributed by atoms with Crippen LogP contribution in [0.25, 0.3) is 0 Å². The number of nitrogens with zero attached hydrogens (tertiary/aromatic N) is 5. The molecule has 1 aromatic carbocycles. The van der Waals surface area contributed by atoms with Crippen molar-refractivity contribution in [3.05, 3.63) is 58.7 Å². The first kappa shape index (κ1) is 22.1. The summed E-state index contributed by atoms with van der Waals surface area (Å²) in [5.41, 5.74) is 2.62. The van der Waals surface area contributed by atoms with Crippen LogP contribution in [-0.4, -0.2) is 68.3 Å². The number of hydrogen-bond donors (Lipinski definition) is 1. The second-order valence-electron chi connectivity index (χ2n) is 8.88. The van der Waals surface area contributed by atoms with E-state index in [-0.39, 0.29) is 24.1 Å². The Bertz CT molecular complexity index is 1160. The first-order chi connectivity index (χ1) is 16.4. The van der Waals surface area contributed by atoms with Gasteiger partial charge in [-0.1, -0.05) is 13.0 Å². The third kappa shape index (κ3) is 4.05. The normalized spacial score (nSPS) is 19.6. The highest BCUT2D eigenvalue weighted by atomic mass is 16.2. The van der Waals surface area contributed by atoms with Crippen molar-refractivity contribution in [2.45, 2.75) is 45.1 Å². The molecule has 2 aromatic rings. The second-order valence-corrected chi connectivity index (χ2v) is 8.88. The van der Waals surface area contributed by atoms with Crippen molar-refractivity contribution in [1.82, 2.24) is 30.2 Å². The smallest absolute Gasteiger partial charge is 0.299 e. The summed E-state index contributed by atoms with van der Waals surface area (Å²) in [5, 5.41) is 3.99. The van der Waals surface area contributed by atoms with Gasteiger partial charge >= 0.3 is 6.03 Å². The van der Waals surface area contributed by atoms with Crippen molar-refractivity contribution in [1.29, 1.82) is 0 Å². The van der Waals surface area contributed by atoms with Crippen molar-refractivity contribution in [3.63, 3.8) is 0 Å². The van der Waals surface area contributed by atoms with Crippen molar-refractivity contribution < 1.29 is 19.2 Å². The van der Waals surface area contributed by atoms with E-state index in [1.165, 1.54) is 0 Å². The van der Waals surface area contributed by atoms with Crippen LogP contribution in [0.5, 0.6) is 0 Å². The predicted octanol–water partition coefficient (Wildman–Crippen LogP) is 1.87. The molecule has 2 saturated heterocycles. The van der Waals surface area contributed by atoms with E-state index in [1.807, 2.05) is 18.5 Å². The number of piperidine rings is 1. The summed E-state index contributed by atoms with van der Waals surface area (Å²) in [7, 11) is 0. The average Bonchev–Trinajstić information content (AvgIpc) is 3.09. The van der Waals surface area contributed by atoms with Gasteiger partial charge in [0, 0.05) is 31.3 Å². The highest BCUT2D eigenvalue weighted by Gasteiger charge is 2.43. The monoisotopic (exact) mass is 462 g/mol. The number of carbonyl (C=O) groups is 4. The first-order valence-corrected chi connectivity index (χ1v) is 11.6. The molecule has 0 unspecified atom stereocenters. The Morgan fingerprint density at radius 1 is 0.941 bits per heavy atom. The minimum atomic E-state index is -0.762. The summed E-state index contributed by atoms with van der Waals surface area (Å²) in [5.74, 6) is -0.267. The molecule has 10 heteroatoms. The number of carbonyl (C=O) groups excluding carboxylic acids is 4. The lowest BCUT2D eigenvalue weighted by Gasteiger charge is -2.32. The number of fused-ring (bicyclic) bond motifs is 1. The average molecular weight is 463 g/mol. The molecule has 3 aliphatic heterocycles. The Kier molecular flexibility index (Phi) is 5.82. The van der Waals surface area contributed by atoms with Gasteiger partial charge in [-0.2, -0.15) is 5.01 Å². The van der Waals surface area contributed by atoms with E-state index in [1.54, 1.807) is 12.1 Å². The van der Waals surface area contributed by atoms with E-state index in [0.29, 0.717) is 12.5 Å². The first-order valence-electron chi connectivity index (χ1n) is 11.6. The molecule has 0 bridgehead atoms. The number of nitrogens with one attached hydrogen (secondary N) is 1. The van der Waals surface area contributed by atoms with E-state index in [9.17, 15) is 19.2 Å². The van der Waals surface area contributed by atoms with Crippen LogP contribution >= 0.6 is 0 Å². The molecule has 5 amide bonds. The summed E-state index contributed by atoms with van der Waals surface area (Å²) in [4.78, 5) is 60.8. The van der Waals surface area contributed by atoms with Crippen LogP contribution in [-0.2, 0) is 17.8 Å². The molecule has 3 aliphatic rings. The second kappa shape index (κ2) is 8.94. The van der Waals surface area contributed by atoms with Crippen LogP contribution in [0.15, 0.2) is 30.6 Å². The van der Waals surface area contributed by atoms with E-state index < -0.39 is 23.8 Å². The van der Waals surface area contributed by atoms with Crippen molar-refractivity contribution >= 4 is 23.8 Å². The number of rotatable bonds is 5. The standard InChI is InChI=1S/C24H26N6O4/c1-2-15-12-25-21(26-13-15)17-5-8-28(9-6-17)14-16-3-4-18-19(11-16)23(33)30(22(18)32)29-10-7-20(31)27-24(29)34/h3-4,11-13,17H,2,5-10,14H2,1H3,(H,27,31,34). The molecule has 1 aromatic heterocycles. The molecule has 10 nitrogen and oxygen atoms in total. The Hall–Kier alpha value is -3.66. The molecular weight excluding hydrogens is 436 g/mol. The summed E-state index contributed by atoms with van der Waals surface area (Å²) < 4.78 is 0. The maximum absolute atomic E-state index is 13.0. The van der Waals surface area contributed by atoms with Crippen LogP contribution in [0.1, 0.15) is 69.8 Å². The number of aromatic nitrogens is 2. The number of hydrogen-bond acceptors (Lipinski definition) is 7. The third-order valence-corrected chi connectivity index (χ3v) is 6.69. The van der Waals surface area contributed by atoms with Gasteiger partial charge in [0.05, 0.1) is 17.7 Å². The zero-order valence-corrected chi connectivity index (χ0v) is 19.0. The number of aryl methyl sites for hydroxylation is 1. The van der Waals surface area contributed by atoms with Gasteiger partial charge in [-0.25, -0.2) is 19.8 Å². The van der Waals surface area contributed by atoms with Crippen molar-refractivity contribution in [2.24, 2.45) is 0 Å². The molecule has 0 spiro atoms. The molecule has 4 heterocycles. The number of benzene rings is 1. The minimum Gasteiger partial charge on any atom is -0.299 e. The van der Waals surface area contributed by atoms with Gasteiger partial charge in [0.1, 0.15) is 5.82 Å². The summed E-state index contributed by atoms with van der Waals surface area (Å²) in [6.07, 6.45) is 6.71. The zero-order valence-electron chi connectivity index (χ0n) is 19.0. The Morgan fingerprint density at radius 3 is 2.32 bits per heavy atom. The number of amides is 5. The molecule has 0 radical (unpaired) electrons. The molecule has 0 atom stereocenters. The minimum absolute atomic E-state index is 0.0111. The molecule has 0 saturated carbocycles. The predicted molar refractivity (Wildman–Crippen MR) is 120 cm³/mol. The van der Waals surface area contributed by atoms with E-state index in [0.717, 1.165) is 59.3 Å². The molecule has 5 rings (SSSR count). The lowest BCUT2D eigenvalue weighted by atomic mass is 9.95. The summed E-state index contributed by atoms with van der Waals surface area (Å²) in [6, 6.07) is 4.48. The SMILES string of the molecule is CCc1cnc(C2CCN(Cc3ccc4c(c3)C(=O)N(N3CCC(=O)NC3=O)C4=O)CC2)nc1. The topological polar surface area (TPSA) is 116 Å². The van der Waals surface area contributed by atoms with Gasteiger partial charge < -0.3 is 0 Å². The molecular formula is C24H26N6O4. The Morgan fingerprint density at radius 2 is 1.65 bits per heavy atom. The maximum atomic E-state index is 13.0. The van der Waals surface area contributed by atoms with Gasteiger partial charge in [-0.3, -0.25) is 24.6 Å². The van der Waals surface area contributed by atoms with Crippen LogP contribution in [0.4, 0.5) is 4.79 Å². The van der Waals surface area contributed by atoms with E-state index in [2.05, 4.69) is 27.1 Å². The van der Waals surface area contributed by atoms with Gasteiger partial charge in [0.25, 0.3) is 11.8 Å². The maximum Gasteiger partial charge on any atom is 0.343 e. The van der Waals surface area contributed by atoms with Gasteiger partial charge in [0.2, 0.25) is 5.91 Å². The fourth-order valence-electron chi connectivity index (χ4n) is 4.70. The summed E-state index contributed by atoms with van der Waals surface area (Å²) >= 11 is 0. The Balaban J connectivity index is 1.23. The van der Waals surface area contributed by atoms with Crippen LogP contribution in [0.2, 0.25) is 0 Å². The zero-order chi connectivity index (χ0) is 23.8. The fraction of sp³-hybridized carbons (Fsp3) is 0.417. The van der Waals surface area contributed by atoms with Gasteiger partial charge in [0.15, 0.2) is 0 Å². The molecule has 176 valence electrons. The third-order valence-electron chi connectivity index (χ3n) is 6.69. The van der Waals surface area contributed by atoms with E-state index in [4.69, 9.17) is 0 Å². The molecule has 2 fully saturated rings. The van der Waals surface area contributed by atoms with Crippen molar-refractivity contribution in [3.8, 4) is 0 Å².